The Morgan fingerprint density at radius 1 is 0.897 bits per heavy atom. The van der Waals surface area contributed by atoms with Crippen LogP contribution in [-0.2, 0) is 23.7 Å². The number of alkyl carbamates (subject to hydrolysis) is 1. The Kier molecular flexibility index (Phi) is 12.3. The van der Waals surface area contributed by atoms with E-state index in [1.165, 1.54) is 0 Å². The highest BCUT2D eigenvalue weighted by Gasteiger charge is 2.49. The summed E-state index contributed by atoms with van der Waals surface area (Å²) in [6.45, 7) is 4.60. The van der Waals surface area contributed by atoms with Crippen LogP contribution in [0.3, 0.4) is 0 Å². The van der Waals surface area contributed by atoms with Gasteiger partial charge in [-0.05, 0) is 30.6 Å². The Labute approximate surface area is 174 Å². The molecule has 0 aliphatic heterocycles. The molecule has 7 nitrogen and oxygen atoms in total. The molecule has 2 aliphatic rings. The summed E-state index contributed by atoms with van der Waals surface area (Å²) in [7, 11) is 0. The molecule has 29 heavy (non-hydrogen) atoms. The van der Waals surface area contributed by atoms with Crippen molar-refractivity contribution in [3.8, 4) is 24.2 Å². The normalized spacial score (nSPS) is 22.2. The number of hydrogen-bond acceptors (Lipinski definition) is 6. The smallest absolute Gasteiger partial charge is 0.407 e. The van der Waals surface area contributed by atoms with Gasteiger partial charge in [0.15, 0.2) is 0 Å². The first kappa shape index (κ1) is 23.5. The molecule has 0 aromatic carbocycles. The van der Waals surface area contributed by atoms with E-state index < -0.39 is 0 Å². The van der Waals surface area contributed by atoms with E-state index in [1.807, 2.05) is 0 Å². The Morgan fingerprint density at radius 3 is 2.03 bits per heavy atom. The summed E-state index contributed by atoms with van der Waals surface area (Å²) in [5.41, 5.74) is 0. The molecule has 1 unspecified atom stereocenters. The van der Waals surface area contributed by atoms with Crippen molar-refractivity contribution in [3.05, 3.63) is 0 Å². The third-order valence-electron chi connectivity index (χ3n) is 5.06. The first-order valence-corrected chi connectivity index (χ1v) is 10.4. The quantitative estimate of drug-likeness (QED) is 0.330. The second-order valence-electron chi connectivity index (χ2n) is 7.04. The number of hydrogen-bond donors (Lipinski definition) is 1. The molecular formula is C22H33NO6. The lowest BCUT2D eigenvalue weighted by atomic mass is 10.1. The second kappa shape index (κ2) is 15.1. The van der Waals surface area contributed by atoms with E-state index in [9.17, 15) is 4.79 Å². The van der Waals surface area contributed by atoms with Crippen molar-refractivity contribution in [1.82, 2.24) is 5.32 Å². The van der Waals surface area contributed by atoms with Gasteiger partial charge in [-0.15, -0.1) is 18.3 Å². The van der Waals surface area contributed by atoms with Gasteiger partial charge in [-0.25, -0.2) is 4.79 Å². The van der Waals surface area contributed by atoms with Crippen molar-refractivity contribution < 1.29 is 28.5 Å². The highest BCUT2D eigenvalue weighted by Crippen LogP contribution is 2.52. The summed E-state index contributed by atoms with van der Waals surface area (Å²) in [6.07, 6.45) is 8.90. The molecule has 2 aliphatic carbocycles. The van der Waals surface area contributed by atoms with Crippen LogP contribution in [0.4, 0.5) is 4.79 Å². The topological polar surface area (TPSA) is 75.3 Å². The standard InChI is InChI=1S/C22H33NO6/c1-2-10-25-12-14-27-16-17-28-15-13-26-11-9-23-22(24)29-18-21-19-7-5-3-4-6-8-20(19)21/h1,19-21H,5-18H2,(H,23,24)/t19-,20+,21?. The van der Waals surface area contributed by atoms with Crippen LogP contribution in [0, 0.1) is 41.9 Å². The lowest BCUT2D eigenvalue weighted by Crippen LogP contribution is -2.29. The van der Waals surface area contributed by atoms with E-state index >= 15 is 0 Å². The van der Waals surface area contributed by atoms with E-state index in [2.05, 4.69) is 23.1 Å². The number of amides is 1. The average Bonchev–Trinajstić information content (AvgIpc) is 3.35. The van der Waals surface area contributed by atoms with Gasteiger partial charge in [0.05, 0.1) is 52.9 Å². The minimum absolute atomic E-state index is 0.307. The fourth-order valence-corrected chi connectivity index (χ4v) is 3.52. The molecule has 2 rings (SSSR count). The number of carbonyl (C=O) groups is 1. The Morgan fingerprint density at radius 2 is 1.45 bits per heavy atom. The Bertz CT molecular complexity index is 546. The SMILES string of the molecule is C#CCOCCOCCOCCOCCNC(=O)OCC1[C@H]2CCC#CCC[C@@H]12. The van der Waals surface area contributed by atoms with Crippen LogP contribution in [-0.4, -0.2) is 72.1 Å². The monoisotopic (exact) mass is 407 g/mol. The van der Waals surface area contributed by atoms with E-state index in [0.29, 0.717) is 83.8 Å². The van der Waals surface area contributed by atoms with Crippen LogP contribution < -0.4 is 5.32 Å². The van der Waals surface area contributed by atoms with Gasteiger partial charge in [-0.2, -0.15) is 0 Å². The first-order valence-electron chi connectivity index (χ1n) is 10.4. The van der Waals surface area contributed by atoms with Crippen LogP contribution >= 0.6 is 0 Å². The van der Waals surface area contributed by atoms with Gasteiger partial charge in [0.25, 0.3) is 0 Å². The summed E-state index contributed by atoms with van der Waals surface area (Å²) in [5, 5.41) is 2.72. The summed E-state index contributed by atoms with van der Waals surface area (Å²) in [5.74, 6) is 10.7. The first-order chi connectivity index (χ1) is 14.3. The Hall–Kier alpha value is -1.77. The third kappa shape index (κ3) is 10.5. The van der Waals surface area contributed by atoms with Gasteiger partial charge in [0.1, 0.15) is 6.61 Å². The van der Waals surface area contributed by atoms with Crippen molar-refractivity contribution in [2.24, 2.45) is 17.8 Å². The molecule has 162 valence electrons. The number of carbonyl (C=O) groups excluding carboxylic acids is 1. The van der Waals surface area contributed by atoms with Gasteiger partial charge in [-0.3, -0.25) is 0 Å². The molecule has 1 amide bonds. The molecule has 1 fully saturated rings. The largest absolute Gasteiger partial charge is 0.449 e. The maximum Gasteiger partial charge on any atom is 0.407 e. The lowest BCUT2D eigenvalue weighted by Gasteiger charge is -2.08. The maximum absolute atomic E-state index is 11.8. The van der Waals surface area contributed by atoms with Gasteiger partial charge in [0, 0.05) is 19.4 Å². The average molecular weight is 408 g/mol. The summed E-state index contributed by atoms with van der Waals surface area (Å²) >= 11 is 0. The van der Waals surface area contributed by atoms with Crippen LogP contribution in [0.25, 0.3) is 0 Å². The van der Waals surface area contributed by atoms with Gasteiger partial charge in [-0.1, -0.05) is 5.92 Å². The number of fused-ring (bicyclic) bond motifs is 1. The molecule has 0 saturated heterocycles. The van der Waals surface area contributed by atoms with Crippen molar-refractivity contribution in [2.75, 3.05) is 66.0 Å². The number of nitrogens with one attached hydrogen (secondary N) is 1. The molecule has 0 spiro atoms. The van der Waals surface area contributed by atoms with E-state index in [-0.39, 0.29) is 6.09 Å². The van der Waals surface area contributed by atoms with Crippen molar-refractivity contribution in [2.45, 2.75) is 25.7 Å². The van der Waals surface area contributed by atoms with Crippen molar-refractivity contribution >= 4 is 6.09 Å². The fraction of sp³-hybridized carbons (Fsp3) is 0.773. The van der Waals surface area contributed by atoms with E-state index in [1.54, 1.807) is 0 Å². The summed E-state index contributed by atoms with van der Waals surface area (Å²) in [4.78, 5) is 11.8. The van der Waals surface area contributed by atoms with Crippen LogP contribution in [0.15, 0.2) is 0 Å². The van der Waals surface area contributed by atoms with Crippen LogP contribution in [0.5, 0.6) is 0 Å². The molecule has 0 aromatic heterocycles. The highest BCUT2D eigenvalue weighted by atomic mass is 16.6. The second-order valence-corrected chi connectivity index (χ2v) is 7.04. The maximum atomic E-state index is 11.8. The molecule has 0 heterocycles. The van der Waals surface area contributed by atoms with Gasteiger partial charge >= 0.3 is 6.09 Å². The number of terminal acetylenes is 1. The molecule has 3 atom stereocenters. The predicted octanol–water partition coefficient (Wildman–Crippen LogP) is 1.85. The van der Waals surface area contributed by atoms with Crippen molar-refractivity contribution in [3.63, 3.8) is 0 Å². The van der Waals surface area contributed by atoms with Gasteiger partial charge in [0.2, 0.25) is 0 Å². The molecule has 7 heteroatoms. The Balaban J connectivity index is 1.31. The zero-order chi connectivity index (χ0) is 20.6. The molecular weight excluding hydrogens is 374 g/mol. The van der Waals surface area contributed by atoms with E-state index in [4.69, 9.17) is 30.1 Å². The number of rotatable bonds is 15. The molecule has 1 saturated carbocycles. The zero-order valence-electron chi connectivity index (χ0n) is 17.2. The van der Waals surface area contributed by atoms with Crippen LogP contribution in [0.1, 0.15) is 25.7 Å². The third-order valence-corrected chi connectivity index (χ3v) is 5.06. The zero-order valence-corrected chi connectivity index (χ0v) is 17.2. The van der Waals surface area contributed by atoms with Crippen LogP contribution in [0.2, 0.25) is 0 Å². The fourth-order valence-electron chi connectivity index (χ4n) is 3.52. The molecule has 0 aromatic rings. The molecule has 0 bridgehead atoms. The summed E-state index contributed by atoms with van der Waals surface area (Å²) < 4.78 is 26.5. The minimum Gasteiger partial charge on any atom is -0.449 e. The van der Waals surface area contributed by atoms with E-state index in [0.717, 1.165) is 25.7 Å². The number of ether oxygens (including phenoxy) is 5. The predicted molar refractivity (Wildman–Crippen MR) is 108 cm³/mol. The van der Waals surface area contributed by atoms with Crippen molar-refractivity contribution in [1.29, 1.82) is 0 Å². The molecule has 1 N–H and O–H groups in total. The molecule has 0 radical (unpaired) electrons. The summed E-state index contributed by atoms with van der Waals surface area (Å²) in [6, 6.07) is 0. The lowest BCUT2D eigenvalue weighted by molar-refractivity contribution is 0.00168. The highest BCUT2D eigenvalue weighted by molar-refractivity contribution is 5.67. The minimum atomic E-state index is -0.372. The van der Waals surface area contributed by atoms with Gasteiger partial charge < -0.3 is 29.0 Å².